The van der Waals surface area contributed by atoms with E-state index in [-0.39, 0.29) is 5.82 Å². The van der Waals surface area contributed by atoms with E-state index in [1.165, 1.54) is 16.3 Å². The number of hydrogen-bond donors (Lipinski definition) is 1. The zero-order valence-electron chi connectivity index (χ0n) is 9.83. The van der Waals surface area contributed by atoms with Crippen molar-refractivity contribution in [1.29, 1.82) is 0 Å². The average molecular weight is 297 g/mol. The summed E-state index contributed by atoms with van der Waals surface area (Å²) in [4.78, 5) is 10.8. The van der Waals surface area contributed by atoms with Crippen LogP contribution in [0.3, 0.4) is 0 Å². The van der Waals surface area contributed by atoms with E-state index in [9.17, 15) is 9.90 Å². The van der Waals surface area contributed by atoms with Crippen molar-refractivity contribution in [2.75, 3.05) is 0 Å². The molecule has 0 unspecified atom stereocenters. The second-order valence-corrected chi connectivity index (χ2v) is 6.01. The molecule has 0 amide bonds. The Hall–Kier alpha value is -1.50. The maximum atomic E-state index is 11.5. The monoisotopic (exact) mass is 296 g/mol. The van der Waals surface area contributed by atoms with Gasteiger partial charge in [-0.05, 0) is 19.1 Å². The summed E-state index contributed by atoms with van der Waals surface area (Å²) in [5, 5.41) is 15.1. The molecule has 1 aromatic carbocycles. The summed E-state index contributed by atoms with van der Waals surface area (Å²) in [6, 6.07) is 6.73. The standard InChI is InChI=1S/C12H9ClN2O3S/c1-7-6-15-10(14-18-11(15)16)12(17,19-7)8-2-4-9(13)5-3-8/h2-6,17H,1H3/t12-/m0/s1. The minimum Gasteiger partial charge on any atom is -0.368 e. The third-order valence-corrected chi connectivity index (χ3v) is 4.19. The highest BCUT2D eigenvalue weighted by Gasteiger charge is 2.41. The molecule has 1 atom stereocenters. The molecular weight excluding hydrogens is 288 g/mol. The van der Waals surface area contributed by atoms with Crippen LogP contribution in [0.5, 0.6) is 0 Å². The highest BCUT2D eigenvalue weighted by atomic mass is 35.5. The van der Waals surface area contributed by atoms with Gasteiger partial charge in [0.25, 0.3) is 0 Å². The van der Waals surface area contributed by atoms with E-state index in [1.807, 2.05) is 0 Å². The second kappa shape index (κ2) is 4.26. The van der Waals surface area contributed by atoms with Crippen LogP contribution in [-0.4, -0.2) is 14.8 Å². The first-order chi connectivity index (χ1) is 9.00. The minimum absolute atomic E-state index is 0.149. The fourth-order valence-electron chi connectivity index (χ4n) is 1.95. The summed E-state index contributed by atoms with van der Waals surface area (Å²) in [7, 11) is 0. The molecule has 98 valence electrons. The maximum Gasteiger partial charge on any atom is 0.445 e. The predicted molar refractivity (Wildman–Crippen MR) is 72.8 cm³/mol. The van der Waals surface area contributed by atoms with Crippen LogP contribution in [0.15, 0.2) is 38.5 Å². The Kier molecular flexibility index (Phi) is 2.81. The molecular formula is C12H9ClN2O3S. The molecule has 7 heteroatoms. The lowest BCUT2D eigenvalue weighted by atomic mass is 10.1. The molecule has 0 fully saturated rings. The maximum absolute atomic E-state index is 11.5. The zero-order valence-corrected chi connectivity index (χ0v) is 11.4. The fraction of sp³-hybridized carbons (Fsp3) is 0.167. The highest BCUT2D eigenvalue weighted by Crippen LogP contribution is 2.45. The van der Waals surface area contributed by atoms with E-state index in [1.54, 1.807) is 37.4 Å². The minimum atomic E-state index is -1.46. The van der Waals surface area contributed by atoms with Crippen LogP contribution >= 0.6 is 23.4 Å². The molecule has 0 radical (unpaired) electrons. The van der Waals surface area contributed by atoms with Crippen molar-refractivity contribution < 1.29 is 9.63 Å². The lowest BCUT2D eigenvalue weighted by Crippen LogP contribution is -2.31. The summed E-state index contributed by atoms with van der Waals surface area (Å²) < 4.78 is 5.83. The normalized spacial score (nSPS) is 21.9. The first-order valence-corrected chi connectivity index (χ1v) is 6.65. The van der Waals surface area contributed by atoms with Crippen molar-refractivity contribution >= 4 is 29.6 Å². The number of benzene rings is 1. The molecule has 1 aromatic heterocycles. The average Bonchev–Trinajstić information content (AvgIpc) is 2.72. The number of hydrogen-bond acceptors (Lipinski definition) is 5. The van der Waals surface area contributed by atoms with Gasteiger partial charge in [-0.1, -0.05) is 40.7 Å². The van der Waals surface area contributed by atoms with Crippen LogP contribution in [0.1, 0.15) is 18.3 Å². The lowest BCUT2D eigenvalue weighted by molar-refractivity contribution is 0.165. The van der Waals surface area contributed by atoms with Gasteiger partial charge in [0.2, 0.25) is 10.8 Å². The van der Waals surface area contributed by atoms with Crippen molar-refractivity contribution in [1.82, 2.24) is 9.72 Å². The van der Waals surface area contributed by atoms with Crippen LogP contribution in [0.4, 0.5) is 0 Å². The molecule has 0 bridgehead atoms. The van der Waals surface area contributed by atoms with E-state index in [4.69, 9.17) is 11.6 Å². The molecule has 1 aliphatic rings. The number of aromatic nitrogens is 2. The Morgan fingerprint density at radius 3 is 2.79 bits per heavy atom. The van der Waals surface area contributed by atoms with Gasteiger partial charge in [-0.3, -0.25) is 4.52 Å². The molecule has 1 N–H and O–H groups in total. The van der Waals surface area contributed by atoms with Gasteiger partial charge in [0, 0.05) is 21.7 Å². The van der Waals surface area contributed by atoms with Crippen LogP contribution in [0.25, 0.3) is 6.20 Å². The van der Waals surface area contributed by atoms with Gasteiger partial charge in [0.05, 0.1) is 0 Å². The number of allylic oxidation sites excluding steroid dienone is 1. The fourth-order valence-corrected chi connectivity index (χ4v) is 3.18. The molecule has 3 rings (SSSR count). The number of aliphatic hydroxyl groups is 1. The Bertz CT molecular complexity index is 719. The van der Waals surface area contributed by atoms with Crippen molar-refractivity contribution in [2.45, 2.75) is 11.9 Å². The molecule has 0 aliphatic carbocycles. The Balaban J connectivity index is 2.22. The topological polar surface area (TPSA) is 68.3 Å². The van der Waals surface area contributed by atoms with Crippen molar-refractivity contribution in [3.05, 3.63) is 56.1 Å². The quantitative estimate of drug-likeness (QED) is 0.874. The molecule has 2 heterocycles. The van der Waals surface area contributed by atoms with Crippen molar-refractivity contribution in [3.63, 3.8) is 0 Å². The van der Waals surface area contributed by atoms with Gasteiger partial charge in [-0.25, -0.2) is 9.36 Å². The van der Waals surface area contributed by atoms with Crippen LogP contribution in [0, 0.1) is 0 Å². The molecule has 5 nitrogen and oxygen atoms in total. The first kappa shape index (κ1) is 12.5. The summed E-state index contributed by atoms with van der Waals surface area (Å²) >= 11 is 7.03. The van der Waals surface area contributed by atoms with E-state index in [0.29, 0.717) is 10.6 Å². The summed E-state index contributed by atoms with van der Waals surface area (Å²) in [6.07, 6.45) is 1.59. The van der Waals surface area contributed by atoms with Crippen molar-refractivity contribution in [3.8, 4) is 0 Å². The van der Waals surface area contributed by atoms with Crippen LogP contribution < -0.4 is 5.76 Å². The molecule has 2 aromatic rings. The van der Waals surface area contributed by atoms with E-state index in [0.717, 1.165) is 4.91 Å². The Labute approximate surface area is 117 Å². The third kappa shape index (κ3) is 1.92. The van der Waals surface area contributed by atoms with E-state index >= 15 is 0 Å². The van der Waals surface area contributed by atoms with E-state index < -0.39 is 10.7 Å². The smallest absolute Gasteiger partial charge is 0.368 e. The van der Waals surface area contributed by atoms with Gasteiger partial charge in [0.15, 0.2) is 0 Å². The number of fused-ring (bicyclic) bond motifs is 1. The van der Waals surface area contributed by atoms with Crippen LogP contribution in [0.2, 0.25) is 5.02 Å². The predicted octanol–water partition coefficient (Wildman–Crippen LogP) is 2.25. The lowest BCUT2D eigenvalue weighted by Gasteiger charge is -2.29. The van der Waals surface area contributed by atoms with Gasteiger partial charge in [-0.15, -0.1) is 0 Å². The molecule has 1 aliphatic heterocycles. The second-order valence-electron chi connectivity index (χ2n) is 4.13. The SMILES string of the molecule is CC1=Cn2c(noc2=O)[C@](O)(c2ccc(Cl)cc2)S1. The Morgan fingerprint density at radius 1 is 1.42 bits per heavy atom. The number of rotatable bonds is 1. The molecule has 0 spiro atoms. The highest BCUT2D eigenvalue weighted by molar-refractivity contribution is 8.04. The number of nitrogens with zero attached hydrogens (tertiary/aromatic N) is 2. The summed E-state index contributed by atoms with van der Waals surface area (Å²) in [6.45, 7) is 1.80. The molecule has 0 saturated carbocycles. The summed E-state index contributed by atoms with van der Waals surface area (Å²) in [5.74, 6) is -0.475. The van der Waals surface area contributed by atoms with Gasteiger partial charge in [-0.2, -0.15) is 0 Å². The largest absolute Gasteiger partial charge is 0.445 e. The number of halogens is 1. The first-order valence-electron chi connectivity index (χ1n) is 5.45. The van der Waals surface area contributed by atoms with E-state index in [2.05, 4.69) is 9.68 Å². The van der Waals surface area contributed by atoms with Gasteiger partial charge in [0.1, 0.15) is 0 Å². The number of thioether (sulfide) groups is 1. The van der Waals surface area contributed by atoms with Crippen molar-refractivity contribution in [2.24, 2.45) is 0 Å². The molecule has 19 heavy (non-hydrogen) atoms. The zero-order chi connectivity index (χ0) is 13.6. The third-order valence-electron chi connectivity index (χ3n) is 2.79. The Morgan fingerprint density at radius 2 is 2.11 bits per heavy atom. The summed E-state index contributed by atoms with van der Waals surface area (Å²) in [5.41, 5.74) is 0.580. The van der Waals surface area contributed by atoms with Crippen LogP contribution in [-0.2, 0) is 4.93 Å². The molecule has 0 saturated heterocycles. The van der Waals surface area contributed by atoms with Gasteiger partial charge >= 0.3 is 5.76 Å². The van der Waals surface area contributed by atoms with Gasteiger partial charge < -0.3 is 5.11 Å².